The number of para-hydroxylation sites is 2. The summed E-state index contributed by atoms with van der Waals surface area (Å²) in [4.78, 5) is 16.3. The van der Waals surface area contributed by atoms with E-state index in [-0.39, 0.29) is 0 Å². The molecule has 62 heavy (non-hydrogen) atoms. The first-order valence-corrected chi connectivity index (χ1v) is 20.9. The first-order valence-electron chi connectivity index (χ1n) is 20.9. The second-order valence-corrected chi connectivity index (χ2v) is 15.9. The molecule has 0 spiro atoms. The minimum Gasteiger partial charge on any atom is -0.455 e. The van der Waals surface area contributed by atoms with E-state index in [2.05, 4.69) is 193 Å². The first-order chi connectivity index (χ1) is 30.7. The summed E-state index contributed by atoms with van der Waals surface area (Å²) >= 11 is 0. The average Bonchev–Trinajstić information content (AvgIpc) is 3.88. The standard InChI is InChI=1S/C57H34N4O/c1-2-14-35(15-3-1)36-26-28-37(29-27-36)55-58-56(48-33-40-18-6-7-19-41(40)42-20-8-9-21-43(42)48)60-57(59-55)53-50(31-30-46-45-23-11-13-25-52(45)62-54(46)53)61-49-24-12-10-22-44(49)47-32-38-16-4-5-17-39(38)34-51(47)61/h1-34H. The number of rotatable bonds is 5. The maximum absolute atomic E-state index is 6.94. The summed E-state index contributed by atoms with van der Waals surface area (Å²) in [5.41, 5.74) is 9.52. The summed E-state index contributed by atoms with van der Waals surface area (Å²) in [6.45, 7) is 0. The van der Waals surface area contributed by atoms with Gasteiger partial charge in [-0.05, 0) is 85.9 Å². The molecule has 0 N–H and O–H groups in total. The third-order valence-corrected chi connectivity index (χ3v) is 12.4. The fourth-order valence-corrected chi connectivity index (χ4v) is 9.51. The number of fused-ring (bicyclic) bond motifs is 10. The lowest BCUT2D eigenvalue weighted by Crippen LogP contribution is -2.04. The van der Waals surface area contributed by atoms with Gasteiger partial charge < -0.3 is 8.98 Å². The van der Waals surface area contributed by atoms with Crippen LogP contribution < -0.4 is 0 Å². The molecule has 0 aliphatic carbocycles. The van der Waals surface area contributed by atoms with Crippen LogP contribution in [0.2, 0.25) is 0 Å². The Morgan fingerprint density at radius 1 is 0.339 bits per heavy atom. The van der Waals surface area contributed by atoms with E-state index >= 15 is 0 Å². The minimum atomic E-state index is 0.528. The highest BCUT2D eigenvalue weighted by molar-refractivity contribution is 6.17. The molecule has 0 radical (unpaired) electrons. The molecule has 0 saturated heterocycles. The van der Waals surface area contributed by atoms with Gasteiger partial charge in [0.25, 0.3) is 0 Å². The Morgan fingerprint density at radius 3 is 1.76 bits per heavy atom. The second-order valence-electron chi connectivity index (χ2n) is 15.9. The fourth-order valence-electron chi connectivity index (χ4n) is 9.51. The topological polar surface area (TPSA) is 56.7 Å². The van der Waals surface area contributed by atoms with Gasteiger partial charge in [0.15, 0.2) is 17.5 Å². The molecule has 3 aromatic heterocycles. The Hall–Kier alpha value is -8.41. The van der Waals surface area contributed by atoms with Gasteiger partial charge in [-0.25, -0.2) is 15.0 Å². The number of hydrogen-bond acceptors (Lipinski definition) is 4. The summed E-state index contributed by atoms with van der Waals surface area (Å²) < 4.78 is 9.30. The lowest BCUT2D eigenvalue weighted by Gasteiger charge is -2.16. The van der Waals surface area contributed by atoms with Crippen molar-refractivity contribution in [2.24, 2.45) is 0 Å². The largest absolute Gasteiger partial charge is 0.455 e. The second kappa shape index (κ2) is 13.6. The van der Waals surface area contributed by atoms with Crippen LogP contribution in [0.4, 0.5) is 0 Å². The lowest BCUT2D eigenvalue weighted by molar-refractivity contribution is 0.669. The molecule has 0 saturated carbocycles. The van der Waals surface area contributed by atoms with Crippen molar-refractivity contribution >= 4 is 76.1 Å². The number of nitrogens with zero attached hydrogens (tertiary/aromatic N) is 4. The van der Waals surface area contributed by atoms with Crippen molar-refractivity contribution in [3.8, 4) is 51.0 Å². The molecule has 10 aromatic carbocycles. The summed E-state index contributed by atoms with van der Waals surface area (Å²) in [6, 6.07) is 72.7. The quantitative estimate of drug-likeness (QED) is 0.163. The third kappa shape index (κ3) is 5.32. The zero-order valence-electron chi connectivity index (χ0n) is 33.3. The van der Waals surface area contributed by atoms with Crippen molar-refractivity contribution in [1.29, 1.82) is 0 Å². The monoisotopic (exact) mass is 790 g/mol. The molecule has 13 rings (SSSR count). The van der Waals surface area contributed by atoms with E-state index in [0.717, 1.165) is 82.6 Å². The van der Waals surface area contributed by atoms with Crippen LogP contribution in [0, 0.1) is 0 Å². The molecule has 3 heterocycles. The van der Waals surface area contributed by atoms with Crippen molar-refractivity contribution < 1.29 is 4.42 Å². The van der Waals surface area contributed by atoms with Crippen molar-refractivity contribution in [2.45, 2.75) is 0 Å². The smallest absolute Gasteiger partial charge is 0.170 e. The van der Waals surface area contributed by atoms with E-state index in [1.807, 2.05) is 18.2 Å². The van der Waals surface area contributed by atoms with Gasteiger partial charge in [0, 0.05) is 32.7 Å². The fraction of sp³-hybridized carbons (Fsp3) is 0. The van der Waals surface area contributed by atoms with E-state index in [0.29, 0.717) is 17.5 Å². The Bertz CT molecular complexity index is 3920. The van der Waals surface area contributed by atoms with Crippen LogP contribution in [-0.4, -0.2) is 19.5 Å². The predicted octanol–water partition coefficient (Wildman–Crippen LogP) is 15.0. The Balaban J connectivity index is 1.15. The molecule has 13 aromatic rings. The number of benzene rings is 10. The van der Waals surface area contributed by atoms with Crippen molar-refractivity contribution in [2.75, 3.05) is 0 Å². The SMILES string of the molecule is c1ccc(-c2ccc(-c3nc(-c4cc5ccccc5c5ccccc45)nc(-c4c(-n5c6ccccc6c6cc7ccccc7cc65)ccc5c4oc4ccccc45)n3)cc2)cc1. The van der Waals surface area contributed by atoms with Gasteiger partial charge >= 0.3 is 0 Å². The Labute approximate surface area is 355 Å². The van der Waals surface area contributed by atoms with Crippen LogP contribution >= 0.6 is 0 Å². The lowest BCUT2D eigenvalue weighted by atomic mass is 9.96. The molecule has 0 unspecified atom stereocenters. The maximum Gasteiger partial charge on any atom is 0.170 e. The number of furan rings is 1. The zero-order chi connectivity index (χ0) is 40.7. The first kappa shape index (κ1) is 34.5. The molecule has 0 bridgehead atoms. The Morgan fingerprint density at radius 2 is 0.935 bits per heavy atom. The summed E-state index contributed by atoms with van der Waals surface area (Å²) in [6.07, 6.45) is 0. The van der Waals surface area contributed by atoms with Gasteiger partial charge in [-0.1, -0.05) is 164 Å². The van der Waals surface area contributed by atoms with E-state index in [1.54, 1.807) is 0 Å². The van der Waals surface area contributed by atoms with Crippen molar-refractivity contribution in [3.05, 3.63) is 206 Å². The predicted molar refractivity (Wildman–Crippen MR) is 256 cm³/mol. The zero-order valence-corrected chi connectivity index (χ0v) is 33.3. The van der Waals surface area contributed by atoms with Crippen LogP contribution in [0.1, 0.15) is 0 Å². The van der Waals surface area contributed by atoms with Crippen molar-refractivity contribution in [3.63, 3.8) is 0 Å². The van der Waals surface area contributed by atoms with E-state index in [1.165, 1.54) is 26.9 Å². The molecule has 0 fully saturated rings. The van der Waals surface area contributed by atoms with Crippen LogP contribution in [0.5, 0.6) is 0 Å². The molecule has 0 aliphatic heterocycles. The van der Waals surface area contributed by atoms with Crippen LogP contribution in [0.25, 0.3) is 127 Å². The molecule has 5 nitrogen and oxygen atoms in total. The van der Waals surface area contributed by atoms with Crippen LogP contribution in [0.15, 0.2) is 211 Å². The third-order valence-electron chi connectivity index (χ3n) is 12.4. The van der Waals surface area contributed by atoms with Gasteiger partial charge in [-0.2, -0.15) is 0 Å². The summed E-state index contributed by atoms with van der Waals surface area (Å²) in [5.74, 6) is 1.70. The van der Waals surface area contributed by atoms with E-state index < -0.39 is 0 Å². The molecule has 0 aliphatic rings. The van der Waals surface area contributed by atoms with Gasteiger partial charge in [0.05, 0.1) is 22.3 Å². The van der Waals surface area contributed by atoms with E-state index in [9.17, 15) is 0 Å². The van der Waals surface area contributed by atoms with Crippen LogP contribution in [0.3, 0.4) is 0 Å². The highest BCUT2D eigenvalue weighted by Gasteiger charge is 2.25. The van der Waals surface area contributed by atoms with Gasteiger partial charge in [-0.15, -0.1) is 0 Å². The highest BCUT2D eigenvalue weighted by Crippen LogP contribution is 2.44. The van der Waals surface area contributed by atoms with Gasteiger partial charge in [-0.3, -0.25) is 0 Å². The van der Waals surface area contributed by atoms with E-state index in [4.69, 9.17) is 19.4 Å². The molecular weight excluding hydrogens is 757 g/mol. The number of aromatic nitrogens is 4. The summed E-state index contributed by atoms with van der Waals surface area (Å²) in [7, 11) is 0. The molecule has 288 valence electrons. The average molecular weight is 791 g/mol. The van der Waals surface area contributed by atoms with Crippen molar-refractivity contribution in [1.82, 2.24) is 19.5 Å². The number of hydrogen-bond donors (Lipinski definition) is 0. The molecule has 0 amide bonds. The molecule has 5 heteroatoms. The normalized spacial score (nSPS) is 11.9. The molecule has 0 atom stereocenters. The Kier molecular flexibility index (Phi) is 7.54. The van der Waals surface area contributed by atoms with Gasteiger partial charge in [0.1, 0.15) is 11.2 Å². The molecular formula is C57H34N4O. The minimum absolute atomic E-state index is 0.528. The summed E-state index contributed by atoms with van der Waals surface area (Å²) in [5, 5.41) is 11.3. The highest BCUT2D eigenvalue weighted by atomic mass is 16.3. The van der Waals surface area contributed by atoms with Crippen LogP contribution in [-0.2, 0) is 0 Å². The maximum atomic E-state index is 6.94. The van der Waals surface area contributed by atoms with Gasteiger partial charge in [0.2, 0.25) is 0 Å².